The van der Waals surface area contributed by atoms with Crippen LogP contribution in [0.1, 0.15) is 89.5 Å². The van der Waals surface area contributed by atoms with E-state index < -0.39 is 5.97 Å². The third kappa shape index (κ3) is 7.52. The second kappa shape index (κ2) is 12.1. The van der Waals surface area contributed by atoms with Gasteiger partial charge in [0.05, 0.1) is 5.92 Å². The van der Waals surface area contributed by atoms with Crippen molar-refractivity contribution < 1.29 is 19.4 Å². The lowest BCUT2D eigenvalue weighted by atomic mass is 9.68. The van der Waals surface area contributed by atoms with Crippen molar-refractivity contribution in [3.63, 3.8) is 0 Å². The van der Waals surface area contributed by atoms with Crippen LogP contribution in [0.4, 0.5) is 0 Å². The van der Waals surface area contributed by atoms with Gasteiger partial charge in [-0.3, -0.25) is 4.79 Å². The predicted molar refractivity (Wildman–Crippen MR) is 124 cm³/mol. The lowest BCUT2D eigenvalue weighted by molar-refractivity contribution is -0.140. The average molecular weight is 427 g/mol. The Hall–Kier alpha value is -2.10. The van der Waals surface area contributed by atoms with E-state index in [1.54, 1.807) is 24.3 Å². The number of esters is 1. The number of aliphatic carboxylic acids is 1. The first-order valence-electron chi connectivity index (χ1n) is 12.3. The SMILES string of the molecule is CCCCCC1CCC(C2CCC(C(=O)Oc3ccc(/C=C/C(=O)O)cc3)CC2)CC1. The molecule has 0 atom stereocenters. The van der Waals surface area contributed by atoms with Crippen molar-refractivity contribution in [1.29, 1.82) is 0 Å². The molecule has 0 unspecified atom stereocenters. The molecule has 1 aromatic carbocycles. The van der Waals surface area contributed by atoms with Crippen molar-refractivity contribution in [2.45, 2.75) is 84.0 Å². The first kappa shape index (κ1) is 23.6. The Labute approximate surface area is 187 Å². The van der Waals surface area contributed by atoms with Crippen molar-refractivity contribution >= 4 is 18.0 Å². The molecule has 3 rings (SSSR count). The van der Waals surface area contributed by atoms with Crippen LogP contribution in [0.3, 0.4) is 0 Å². The van der Waals surface area contributed by atoms with Gasteiger partial charge >= 0.3 is 11.9 Å². The van der Waals surface area contributed by atoms with Crippen LogP contribution in [0.5, 0.6) is 5.75 Å². The van der Waals surface area contributed by atoms with E-state index in [1.807, 2.05) is 0 Å². The highest BCUT2D eigenvalue weighted by Gasteiger charge is 2.33. The molecule has 31 heavy (non-hydrogen) atoms. The topological polar surface area (TPSA) is 63.6 Å². The van der Waals surface area contributed by atoms with Gasteiger partial charge in [0.25, 0.3) is 0 Å². The molecule has 2 saturated carbocycles. The van der Waals surface area contributed by atoms with Crippen LogP contribution in [0.25, 0.3) is 6.08 Å². The van der Waals surface area contributed by atoms with Crippen molar-refractivity contribution in [2.24, 2.45) is 23.7 Å². The van der Waals surface area contributed by atoms with Gasteiger partial charge in [-0.1, -0.05) is 57.6 Å². The molecule has 0 heterocycles. The number of carbonyl (C=O) groups is 2. The van der Waals surface area contributed by atoms with Crippen molar-refractivity contribution in [1.82, 2.24) is 0 Å². The number of carbonyl (C=O) groups excluding carboxylic acids is 1. The van der Waals surface area contributed by atoms with E-state index in [0.717, 1.165) is 55.1 Å². The normalized spacial score (nSPS) is 26.6. The molecular formula is C27H38O4. The summed E-state index contributed by atoms with van der Waals surface area (Å²) in [4.78, 5) is 23.2. The molecule has 0 saturated heterocycles. The van der Waals surface area contributed by atoms with Gasteiger partial charge in [0.15, 0.2) is 0 Å². The molecule has 0 amide bonds. The minimum atomic E-state index is -0.980. The first-order valence-corrected chi connectivity index (χ1v) is 12.3. The maximum absolute atomic E-state index is 12.6. The number of rotatable bonds is 9. The third-order valence-electron chi connectivity index (χ3n) is 7.40. The lowest BCUT2D eigenvalue weighted by Gasteiger charge is -2.37. The summed E-state index contributed by atoms with van der Waals surface area (Å²) in [5.41, 5.74) is 0.766. The summed E-state index contributed by atoms with van der Waals surface area (Å²) in [6.45, 7) is 2.28. The van der Waals surface area contributed by atoms with Crippen LogP contribution in [0.15, 0.2) is 30.3 Å². The minimum Gasteiger partial charge on any atom is -0.478 e. The van der Waals surface area contributed by atoms with Crippen LogP contribution in [-0.4, -0.2) is 17.0 Å². The Morgan fingerprint density at radius 1 is 0.935 bits per heavy atom. The summed E-state index contributed by atoms with van der Waals surface area (Å²) < 4.78 is 5.60. The molecule has 4 nitrogen and oxygen atoms in total. The molecule has 2 aliphatic rings. The fourth-order valence-corrected chi connectivity index (χ4v) is 5.47. The molecule has 2 aliphatic carbocycles. The van der Waals surface area contributed by atoms with Gasteiger partial charge in [-0.2, -0.15) is 0 Å². The van der Waals surface area contributed by atoms with Gasteiger partial charge in [-0.15, -0.1) is 0 Å². The summed E-state index contributed by atoms with van der Waals surface area (Å²) in [6.07, 6.45) is 17.9. The zero-order chi connectivity index (χ0) is 22.1. The van der Waals surface area contributed by atoms with E-state index in [2.05, 4.69) is 6.92 Å². The lowest BCUT2D eigenvalue weighted by Crippen LogP contribution is -2.30. The van der Waals surface area contributed by atoms with E-state index in [4.69, 9.17) is 9.84 Å². The molecule has 0 aromatic heterocycles. The smallest absolute Gasteiger partial charge is 0.328 e. The molecule has 0 radical (unpaired) electrons. The van der Waals surface area contributed by atoms with Gasteiger partial charge in [0.2, 0.25) is 0 Å². The summed E-state index contributed by atoms with van der Waals surface area (Å²) in [5, 5.41) is 8.69. The Balaban J connectivity index is 1.38. The Bertz CT molecular complexity index is 720. The Kier molecular flexibility index (Phi) is 9.17. The molecular weight excluding hydrogens is 388 g/mol. The zero-order valence-electron chi connectivity index (χ0n) is 18.9. The van der Waals surface area contributed by atoms with Gasteiger partial charge < -0.3 is 9.84 Å². The van der Waals surface area contributed by atoms with Gasteiger partial charge in [0.1, 0.15) is 5.75 Å². The molecule has 1 N–H and O–H groups in total. The van der Waals surface area contributed by atoms with E-state index in [9.17, 15) is 9.59 Å². The number of ether oxygens (including phenoxy) is 1. The maximum atomic E-state index is 12.6. The average Bonchev–Trinajstić information content (AvgIpc) is 2.79. The molecule has 0 aliphatic heterocycles. The largest absolute Gasteiger partial charge is 0.478 e. The first-order chi connectivity index (χ1) is 15.0. The van der Waals surface area contributed by atoms with Gasteiger partial charge in [-0.25, -0.2) is 4.79 Å². The minimum absolute atomic E-state index is 0.00761. The maximum Gasteiger partial charge on any atom is 0.328 e. The van der Waals surface area contributed by atoms with Crippen LogP contribution >= 0.6 is 0 Å². The highest BCUT2D eigenvalue weighted by atomic mass is 16.5. The fourth-order valence-electron chi connectivity index (χ4n) is 5.47. The number of hydrogen-bond donors (Lipinski definition) is 1. The number of carboxylic acid groups (broad SMARTS) is 1. The van der Waals surface area contributed by atoms with E-state index in [0.29, 0.717) is 5.75 Å². The van der Waals surface area contributed by atoms with Gasteiger partial charge in [0, 0.05) is 6.08 Å². The summed E-state index contributed by atoms with van der Waals surface area (Å²) in [7, 11) is 0. The number of unbranched alkanes of at least 4 members (excludes halogenated alkanes) is 2. The monoisotopic (exact) mass is 426 g/mol. The molecule has 0 bridgehead atoms. The Morgan fingerprint density at radius 3 is 2.13 bits per heavy atom. The van der Waals surface area contributed by atoms with E-state index in [1.165, 1.54) is 57.4 Å². The molecule has 0 spiro atoms. The second-order valence-corrected chi connectivity index (χ2v) is 9.55. The highest BCUT2D eigenvalue weighted by Crippen LogP contribution is 2.42. The van der Waals surface area contributed by atoms with Crippen LogP contribution in [0.2, 0.25) is 0 Å². The molecule has 170 valence electrons. The van der Waals surface area contributed by atoms with Crippen molar-refractivity contribution in [3.05, 3.63) is 35.9 Å². The zero-order valence-corrected chi connectivity index (χ0v) is 18.9. The number of benzene rings is 1. The van der Waals surface area contributed by atoms with Crippen LogP contribution in [0, 0.1) is 23.7 Å². The highest BCUT2D eigenvalue weighted by molar-refractivity contribution is 5.85. The second-order valence-electron chi connectivity index (χ2n) is 9.55. The standard InChI is InChI=1S/C27H38O4/c1-2-3-4-5-20-6-11-22(12-7-20)23-13-15-24(16-14-23)27(30)31-25-17-8-21(9-18-25)10-19-26(28)29/h8-10,17-20,22-24H,2-7,11-16H2,1H3,(H,28,29)/b19-10+. The van der Waals surface area contributed by atoms with E-state index >= 15 is 0 Å². The number of carboxylic acids is 1. The molecule has 2 fully saturated rings. The van der Waals surface area contributed by atoms with Crippen molar-refractivity contribution in [3.8, 4) is 5.75 Å². The molecule has 4 heteroatoms. The Morgan fingerprint density at radius 2 is 1.55 bits per heavy atom. The van der Waals surface area contributed by atoms with Gasteiger partial charge in [-0.05, 0) is 80.1 Å². The number of hydrogen-bond acceptors (Lipinski definition) is 3. The summed E-state index contributed by atoms with van der Waals surface area (Å²) in [6, 6.07) is 6.98. The van der Waals surface area contributed by atoms with Crippen molar-refractivity contribution in [2.75, 3.05) is 0 Å². The quantitative estimate of drug-likeness (QED) is 0.202. The summed E-state index contributed by atoms with van der Waals surface area (Å²) in [5.74, 6) is 2.05. The van der Waals surface area contributed by atoms with Crippen LogP contribution in [-0.2, 0) is 9.59 Å². The fraction of sp³-hybridized carbons (Fsp3) is 0.630. The van der Waals surface area contributed by atoms with Crippen LogP contribution < -0.4 is 4.74 Å². The molecule has 1 aromatic rings. The third-order valence-corrected chi connectivity index (χ3v) is 7.40. The van der Waals surface area contributed by atoms with E-state index in [-0.39, 0.29) is 11.9 Å². The summed E-state index contributed by atoms with van der Waals surface area (Å²) >= 11 is 0. The predicted octanol–water partition coefficient (Wildman–Crippen LogP) is 6.88.